The number of aliphatic carboxylic acids is 3. The summed E-state index contributed by atoms with van der Waals surface area (Å²) in [5.74, 6) is 3.99. The van der Waals surface area contributed by atoms with Crippen LogP contribution >= 0.6 is 0 Å². The first-order valence-corrected chi connectivity index (χ1v) is 38.7. The average Bonchev–Trinajstić information content (AvgIpc) is 1.72. The van der Waals surface area contributed by atoms with Gasteiger partial charge in [-0.25, -0.2) is 0 Å². The van der Waals surface area contributed by atoms with Crippen molar-refractivity contribution >= 4 is 64.9 Å². The molecule has 107 heavy (non-hydrogen) atoms. The molecule has 10 rings (SSSR count). The summed E-state index contributed by atoms with van der Waals surface area (Å²) in [6.07, 6.45) is 35.5. The molecule has 642 valence electrons. The highest BCUT2D eigenvalue weighted by Crippen LogP contribution is 2.42. The van der Waals surface area contributed by atoms with Crippen LogP contribution in [0.1, 0.15) is 341 Å². The van der Waals surface area contributed by atoms with Crippen molar-refractivity contribution in [3.8, 4) is 0 Å². The molecule has 10 aliphatic carbocycles. The summed E-state index contributed by atoms with van der Waals surface area (Å²) in [6.45, 7) is 10.3. The number of methoxy groups -OCH3 is 4. The normalized spacial score (nSPS) is 30.6. The van der Waals surface area contributed by atoms with Gasteiger partial charge in [-0.2, -0.15) is 0 Å². The van der Waals surface area contributed by atoms with Crippen LogP contribution in [0.4, 0.5) is 0 Å². The molecular weight excluding hydrogens is 1360 g/mol. The van der Waals surface area contributed by atoms with Gasteiger partial charge in [0.15, 0.2) is 0 Å². The average molecular weight is 1550 g/mol. The quantitative estimate of drug-likeness (QED) is 0.0433. The second-order valence-corrected chi connectivity index (χ2v) is 31.2. The molecule has 0 amide bonds. The first-order chi connectivity index (χ1) is 47.7. The van der Waals surface area contributed by atoms with Gasteiger partial charge < -0.3 is 55.6 Å². The third-order valence-electron chi connectivity index (χ3n) is 24.2. The number of esters is 4. The van der Waals surface area contributed by atoms with Crippen molar-refractivity contribution in [1.29, 1.82) is 0 Å². The van der Waals surface area contributed by atoms with Gasteiger partial charge in [-0.05, 0) is 247 Å². The molecule has 0 aliphatic heterocycles. The SMILES string of the molecule is C.C.C.C.C.C.C.CC(=O)CC1CCC(C(=O)CC2CCC(C(=O)O)C2)C1.CCC1CCC(C(=O)CC2CCC(C(=O)OC)C2)C1.CCC1CCC(C(=O)O)C1.CCC1CCC(C(=O)O)C1.CCC1CCC(C(=O)OC)C1.CO.COC(=O)C1CCC(CC(=O)C2CCC(N)C2)C1.COC(=O)C1CCC(N)C1.[2HH].[2HH].[2HH].[2HH].[2HH].[2HH].[H+]. The van der Waals surface area contributed by atoms with Gasteiger partial charge in [0, 0.05) is 71.2 Å². The zero-order chi connectivity index (χ0) is 74.6. The lowest BCUT2D eigenvalue weighted by Crippen LogP contribution is -2.19. The van der Waals surface area contributed by atoms with Crippen molar-refractivity contribution in [3.05, 3.63) is 0 Å². The molecule has 0 aromatic rings. The minimum atomic E-state index is -0.720. The Morgan fingerprint density at radius 2 is 0.467 bits per heavy atom. The molecule has 21 heteroatoms. The maximum Gasteiger partial charge on any atom is 1.00 e. The Bertz CT molecular complexity index is 2530. The third kappa shape index (κ3) is 40.1. The minimum absolute atomic E-state index is 0. The summed E-state index contributed by atoms with van der Waals surface area (Å²) in [4.78, 5) is 124. The predicted molar refractivity (Wildman–Crippen MR) is 443 cm³/mol. The van der Waals surface area contributed by atoms with E-state index >= 15 is 0 Å². The van der Waals surface area contributed by atoms with Gasteiger partial charge in [0.2, 0.25) is 0 Å². The molecule has 10 aliphatic rings. The molecule has 0 aromatic carbocycles. The van der Waals surface area contributed by atoms with Crippen LogP contribution in [0.25, 0.3) is 0 Å². The van der Waals surface area contributed by atoms with Gasteiger partial charge in [-0.3, -0.25) is 47.9 Å². The van der Waals surface area contributed by atoms with Gasteiger partial charge >= 0.3 is 43.2 Å². The second kappa shape index (κ2) is 59.6. The van der Waals surface area contributed by atoms with Gasteiger partial charge in [-0.1, -0.05) is 105 Å². The molecule has 0 spiro atoms. The van der Waals surface area contributed by atoms with Crippen LogP contribution in [0.15, 0.2) is 0 Å². The molecule has 10 saturated carbocycles. The van der Waals surface area contributed by atoms with Crippen molar-refractivity contribution in [2.75, 3.05) is 35.5 Å². The first kappa shape index (κ1) is 110. The summed E-state index contributed by atoms with van der Waals surface area (Å²) >= 11 is 0. The summed E-state index contributed by atoms with van der Waals surface area (Å²) in [7, 11) is 6.78. The Balaban J connectivity index is -0.000000106. The summed E-state index contributed by atoms with van der Waals surface area (Å²) in [5.41, 5.74) is 11.4. The number of hydrogen-bond acceptors (Lipinski definition) is 18. The number of aliphatic hydroxyl groups excluding tert-OH is 1. The van der Waals surface area contributed by atoms with Crippen molar-refractivity contribution in [2.45, 2.75) is 343 Å². The molecule has 20 unspecified atom stereocenters. The summed E-state index contributed by atoms with van der Waals surface area (Å²) < 4.78 is 18.8. The molecule has 10 fully saturated rings. The van der Waals surface area contributed by atoms with Crippen LogP contribution < -0.4 is 11.5 Å². The van der Waals surface area contributed by atoms with Gasteiger partial charge in [0.1, 0.15) is 23.1 Å². The highest BCUT2D eigenvalue weighted by Gasteiger charge is 2.39. The van der Waals surface area contributed by atoms with E-state index in [1.807, 2.05) is 0 Å². The van der Waals surface area contributed by atoms with Gasteiger partial charge in [-0.15, -0.1) is 0 Å². The highest BCUT2D eigenvalue weighted by molar-refractivity contribution is 5.83. The van der Waals surface area contributed by atoms with E-state index < -0.39 is 17.9 Å². The molecule has 0 bridgehead atoms. The maximum absolute atomic E-state index is 12.3. The third-order valence-corrected chi connectivity index (χ3v) is 24.2. The number of ether oxygens (including phenoxy) is 4. The lowest BCUT2D eigenvalue weighted by Gasteiger charge is -2.13. The Morgan fingerprint density at radius 3 is 0.692 bits per heavy atom. The number of Topliss-reactive ketones (excluding diaryl/α,β-unsaturated/α-hetero) is 4. The van der Waals surface area contributed by atoms with E-state index in [0.29, 0.717) is 91.4 Å². The van der Waals surface area contributed by atoms with E-state index in [1.54, 1.807) is 6.92 Å². The number of carboxylic acids is 3. The molecule has 0 aromatic heterocycles. The van der Waals surface area contributed by atoms with Crippen molar-refractivity contribution in [2.24, 2.45) is 118 Å². The van der Waals surface area contributed by atoms with Crippen LogP contribution in [-0.4, -0.2) is 133 Å². The van der Waals surface area contributed by atoms with Crippen LogP contribution in [0.5, 0.6) is 0 Å². The largest absolute Gasteiger partial charge is 1.00 e. The molecule has 20 atom stereocenters. The van der Waals surface area contributed by atoms with E-state index in [4.69, 9.17) is 41.4 Å². The number of nitrogens with two attached hydrogens (primary N) is 2. The van der Waals surface area contributed by atoms with Crippen LogP contribution in [-0.2, 0) is 71.7 Å². The fraction of sp³-hybridized carbons (Fsp3) is 0.872. The Hall–Kier alpha value is -5.15. The Morgan fingerprint density at radius 1 is 0.290 bits per heavy atom. The lowest BCUT2D eigenvalue weighted by atomic mass is 9.90. The minimum Gasteiger partial charge on any atom is -0.481 e. The first-order valence-electron chi connectivity index (χ1n) is 38.7. The summed E-state index contributed by atoms with van der Waals surface area (Å²) in [6, 6.07) is 0.425. The van der Waals surface area contributed by atoms with Gasteiger partial charge in [0.05, 0.1) is 69.9 Å². The number of carboxylic acid groups (broad SMARTS) is 3. The Labute approximate surface area is 660 Å². The maximum atomic E-state index is 12.3. The Kier molecular flexibility index (Phi) is 61.5. The van der Waals surface area contributed by atoms with Crippen LogP contribution in [0.3, 0.4) is 0 Å². The van der Waals surface area contributed by atoms with E-state index in [9.17, 15) is 52.7 Å². The topological polar surface area (TPSA) is 358 Å². The standard InChI is InChI=1S/C16H24O4.C16H26O3.C14H23NO3.C9H16O2.2C8H14O2.C7H13NO2.CH4O.7CH4.6H2/c1-10(17)6-11-2-4-13(7-11)15(18)9-12-3-5-14(8-12)16(19)20;1-3-11-4-6-13(8-11)15(17)10-12-5-7-14(9-12)16(18)19-2;1-18-14(17)11-3-2-9(6-11)7-13(16)10-4-5-12(15)8-10;1-3-7-4-5-8(6-7)9(10)11-2;2*1-2-6-3-4-7(5-6)8(9)10;1-10-7(9)5-2-3-6(8)4-5;1-2;;;;;;;;;;;;;/h11-14H,2-9H2,1H3,(H,19,20);11-14H,3-10H2,1-2H3;9-12H,2-8,15H2,1H3;7-8H,3-6H2,1-2H3;2*6-7H,2-5H2,1H3,(H,9,10);5-6H,2-4,8H2,1H3;2H,1H3;7*1H4;6*1H/p+1/i;;;;;;;;;;;;;;;6*1+1. The van der Waals surface area contributed by atoms with E-state index in [0.717, 1.165) is 199 Å². The predicted octanol–water partition coefficient (Wildman–Crippen LogP) is 19.6. The number of ketones is 4. The number of carbonyl (C=O) groups is 11. The zero-order valence-corrected chi connectivity index (χ0v) is 63.0. The fourth-order valence-corrected chi connectivity index (χ4v) is 17.7. The van der Waals surface area contributed by atoms with Gasteiger partial charge in [0.25, 0.3) is 0 Å². The number of aliphatic hydroxyl groups is 1. The van der Waals surface area contributed by atoms with Crippen LogP contribution in [0, 0.1) is 107 Å². The van der Waals surface area contributed by atoms with Crippen LogP contribution in [0.2, 0.25) is 0 Å². The smallest absolute Gasteiger partial charge is 0.481 e. The lowest BCUT2D eigenvalue weighted by molar-refractivity contribution is -0.146. The molecule has 21 nitrogen and oxygen atoms in total. The molecule has 0 radical (unpaired) electrons. The second-order valence-electron chi connectivity index (χ2n) is 31.2. The van der Waals surface area contributed by atoms with Crippen molar-refractivity contribution in [1.82, 2.24) is 0 Å². The monoisotopic (exact) mass is 1550 g/mol. The fourth-order valence-electron chi connectivity index (χ4n) is 17.7. The van der Waals surface area contributed by atoms with E-state index in [2.05, 4.69) is 37.2 Å². The summed E-state index contributed by atoms with van der Waals surface area (Å²) in [5, 5.41) is 33.2. The van der Waals surface area contributed by atoms with Crippen molar-refractivity contribution < 1.29 is 102 Å². The highest BCUT2D eigenvalue weighted by atomic mass is 16.5. The number of carbonyl (C=O) groups excluding carboxylic acids is 8. The number of rotatable bonds is 22. The van der Waals surface area contributed by atoms with E-state index in [-0.39, 0.29) is 163 Å². The zero-order valence-electron chi connectivity index (χ0n) is 64.0. The number of hydrogen-bond donors (Lipinski definition) is 6. The molecule has 0 heterocycles. The molecular formula is C86H175N2O19+. The van der Waals surface area contributed by atoms with Crippen molar-refractivity contribution in [3.63, 3.8) is 0 Å². The van der Waals surface area contributed by atoms with E-state index in [1.165, 1.54) is 54.1 Å². The molecule has 8 N–H and O–H groups in total. The molecule has 0 saturated heterocycles.